The van der Waals surface area contributed by atoms with Gasteiger partial charge in [0.05, 0.1) is 7.11 Å². The summed E-state index contributed by atoms with van der Waals surface area (Å²) in [6.07, 6.45) is 0.208. The van der Waals surface area contributed by atoms with Crippen LogP contribution in [0.15, 0.2) is 30.3 Å². The fourth-order valence-electron chi connectivity index (χ4n) is 3.54. The van der Waals surface area contributed by atoms with Crippen LogP contribution in [0.5, 0.6) is 0 Å². The van der Waals surface area contributed by atoms with Gasteiger partial charge in [-0.2, -0.15) is 0 Å². The van der Waals surface area contributed by atoms with Gasteiger partial charge in [0, 0.05) is 25.3 Å². The van der Waals surface area contributed by atoms with E-state index < -0.39 is 18.1 Å². The minimum Gasteiger partial charge on any atom is -0.467 e. The van der Waals surface area contributed by atoms with Crippen LogP contribution >= 0.6 is 0 Å². The van der Waals surface area contributed by atoms with Crippen LogP contribution in [0, 0.1) is 11.8 Å². The third-order valence-electron chi connectivity index (χ3n) is 4.61. The molecule has 0 radical (unpaired) electrons. The van der Waals surface area contributed by atoms with Crippen molar-refractivity contribution in [2.24, 2.45) is 11.8 Å². The first-order chi connectivity index (χ1) is 11.1. The molecule has 1 aliphatic heterocycles. The standard InChI is InChI=1S/C17H19NO5/c1-22-16(20)15-14-8-13(19)7-12(14)9-18(15)17(21)23-10-11-5-3-2-4-6-11/h2-6,12,14-15H,7-10H2,1H3/t12-,14-,15-/m0/s1. The van der Waals surface area contributed by atoms with Crippen molar-refractivity contribution in [3.05, 3.63) is 35.9 Å². The highest BCUT2D eigenvalue weighted by Crippen LogP contribution is 2.41. The molecule has 6 nitrogen and oxygen atoms in total. The number of hydrogen-bond acceptors (Lipinski definition) is 5. The normalized spacial score (nSPS) is 26.0. The number of ether oxygens (including phenoxy) is 2. The molecule has 1 amide bonds. The predicted molar refractivity (Wildman–Crippen MR) is 80.4 cm³/mol. The lowest BCUT2D eigenvalue weighted by Gasteiger charge is -2.24. The maximum atomic E-state index is 12.4. The first-order valence-electron chi connectivity index (χ1n) is 7.67. The molecule has 3 atom stereocenters. The largest absolute Gasteiger partial charge is 0.467 e. The minimum atomic E-state index is -0.722. The smallest absolute Gasteiger partial charge is 0.410 e. The van der Waals surface area contributed by atoms with Gasteiger partial charge in [-0.3, -0.25) is 9.69 Å². The molecule has 23 heavy (non-hydrogen) atoms. The topological polar surface area (TPSA) is 72.9 Å². The van der Waals surface area contributed by atoms with Gasteiger partial charge in [0.2, 0.25) is 0 Å². The molecule has 1 aliphatic carbocycles. The monoisotopic (exact) mass is 317 g/mol. The van der Waals surface area contributed by atoms with Gasteiger partial charge in [0.15, 0.2) is 0 Å². The molecule has 0 aromatic heterocycles. The second kappa shape index (κ2) is 6.40. The summed E-state index contributed by atoms with van der Waals surface area (Å²) in [6.45, 7) is 0.516. The van der Waals surface area contributed by atoms with Crippen molar-refractivity contribution < 1.29 is 23.9 Å². The Morgan fingerprint density at radius 3 is 2.65 bits per heavy atom. The Hall–Kier alpha value is -2.37. The van der Waals surface area contributed by atoms with E-state index >= 15 is 0 Å². The van der Waals surface area contributed by atoms with E-state index in [2.05, 4.69) is 0 Å². The van der Waals surface area contributed by atoms with Crippen molar-refractivity contribution in [2.75, 3.05) is 13.7 Å². The number of esters is 1. The van der Waals surface area contributed by atoms with E-state index in [4.69, 9.17) is 9.47 Å². The molecule has 0 bridgehead atoms. The Labute approximate surface area is 134 Å². The van der Waals surface area contributed by atoms with Gasteiger partial charge in [-0.1, -0.05) is 30.3 Å². The fourth-order valence-corrected chi connectivity index (χ4v) is 3.54. The van der Waals surface area contributed by atoms with E-state index in [1.54, 1.807) is 0 Å². The molecule has 6 heteroatoms. The molecule has 122 valence electrons. The first kappa shape index (κ1) is 15.5. The van der Waals surface area contributed by atoms with Gasteiger partial charge in [-0.15, -0.1) is 0 Å². The molecule has 2 fully saturated rings. The summed E-state index contributed by atoms with van der Waals surface area (Å²) in [5, 5.41) is 0. The number of ketones is 1. The first-order valence-corrected chi connectivity index (χ1v) is 7.67. The van der Waals surface area contributed by atoms with Gasteiger partial charge in [0.1, 0.15) is 18.4 Å². The average Bonchev–Trinajstić information content (AvgIpc) is 3.08. The van der Waals surface area contributed by atoms with Crippen LogP contribution < -0.4 is 0 Å². The molecule has 2 aliphatic rings. The number of rotatable bonds is 3. The summed E-state index contributed by atoms with van der Waals surface area (Å²) in [5.41, 5.74) is 0.880. The zero-order valence-corrected chi connectivity index (χ0v) is 12.9. The Bertz CT molecular complexity index is 615. The Morgan fingerprint density at radius 1 is 1.22 bits per heavy atom. The summed E-state index contributed by atoms with van der Waals surface area (Å²) in [5.74, 6) is -0.467. The van der Waals surface area contributed by atoms with E-state index in [1.165, 1.54) is 12.0 Å². The SMILES string of the molecule is COC(=O)[C@@H]1[C@H]2CC(=O)C[C@H]2CN1C(=O)OCc1ccccc1. The number of methoxy groups -OCH3 is 1. The second-order valence-electron chi connectivity index (χ2n) is 6.03. The lowest BCUT2D eigenvalue weighted by molar-refractivity contribution is -0.146. The molecule has 1 heterocycles. The average molecular weight is 317 g/mol. The number of nitrogens with zero attached hydrogens (tertiary/aromatic N) is 1. The quantitative estimate of drug-likeness (QED) is 0.795. The molecule has 1 aromatic rings. The van der Waals surface area contributed by atoms with E-state index in [9.17, 15) is 14.4 Å². The summed E-state index contributed by atoms with van der Waals surface area (Å²) >= 11 is 0. The molecule has 0 N–H and O–H groups in total. The molecule has 0 unspecified atom stereocenters. The maximum absolute atomic E-state index is 12.4. The summed E-state index contributed by atoms with van der Waals surface area (Å²) < 4.78 is 10.1. The van der Waals surface area contributed by atoms with Crippen LogP contribution in [0.3, 0.4) is 0 Å². The highest BCUT2D eigenvalue weighted by atomic mass is 16.6. The van der Waals surface area contributed by atoms with Gasteiger partial charge >= 0.3 is 12.1 Å². The number of amides is 1. The predicted octanol–water partition coefficient (Wildman–Crippen LogP) is 1.78. The van der Waals surface area contributed by atoms with E-state index in [0.29, 0.717) is 19.4 Å². The van der Waals surface area contributed by atoms with Gasteiger partial charge in [0.25, 0.3) is 0 Å². The Morgan fingerprint density at radius 2 is 1.96 bits per heavy atom. The van der Waals surface area contributed by atoms with Crippen LogP contribution in [-0.2, 0) is 25.7 Å². The number of fused-ring (bicyclic) bond motifs is 1. The van der Waals surface area contributed by atoms with Gasteiger partial charge < -0.3 is 9.47 Å². The number of carbonyl (C=O) groups is 3. The van der Waals surface area contributed by atoms with E-state index in [0.717, 1.165) is 5.56 Å². The molecule has 1 saturated heterocycles. The molecule has 1 saturated carbocycles. The molecule has 1 aromatic carbocycles. The highest BCUT2D eigenvalue weighted by Gasteiger charge is 2.52. The number of Topliss-reactive ketones (excluding diaryl/α,β-unsaturated/α-hetero) is 1. The van der Waals surface area contributed by atoms with Crippen LogP contribution in [0.4, 0.5) is 4.79 Å². The number of hydrogen-bond donors (Lipinski definition) is 0. The van der Waals surface area contributed by atoms with Crippen LogP contribution in [-0.4, -0.2) is 42.4 Å². The van der Waals surface area contributed by atoms with Crippen molar-refractivity contribution >= 4 is 17.8 Å². The zero-order chi connectivity index (χ0) is 16.4. The van der Waals surface area contributed by atoms with Gasteiger partial charge in [-0.25, -0.2) is 9.59 Å². The van der Waals surface area contributed by atoms with Crippen molar-refractivity contribution in [1.29, 1.82) is 0 Å². The van der Waals surface area contributed by atoms with Crippen LogP contribution in [0.25, 0.3) is 0 Å². The Kier molecular flexibility index (Phi) is 4.32. The minimum absolute atomic E-state index is 0.0240. The lowest BCUT2D eigenvalue weighted by atomic mass is 9.94. The summed E-state index contributed by atoms with van der Waals surface area (Å²) in [7, 11) is 1.29. The third kappa shape index (κ3) is 3.06. The van der Waals surface area contributed by atoms with E-state index in [-0.39, 0.29) is 24.2 Å². The maximum Gasteiger partial charge on any atom is 0.410 e. The molecular weight excluding hydrogens is 298 g/mol. The Balaban J connectivity index is 1.69. The molecule has 0 spiro atoms. The van der Waals surface area contributed by atoms with Crippen molar-refractivity contribution in [1.82, 2.24) is 4.90 Å². The van der Waals surface area contributed by atoms with Crippen LogP contribution in [0.2, 0.25) is 0 Å². The zero-order valence-electron chi connectivity index (χ0n) is 12.9. The molecular formula is C17H19NO5. The van der Waals surface area contributed by atoms with Crippen molar-refractivity contribution in [3.8, 4) is 0 Å². The van der Waals surface area contributed by atoms with Gasteiger partial charge in [-0.05, 0) is 11.5 Å². The lowest BCUT2D eigenvalue weighted by Crippen LogP contribution is -2.44. The van der Waals surface area contributed by atoms with E-state index in [1.807, 2.05) is 30.3 Å². The fraction of sp³-hybridized carbons (Fsp3) is 0.471. The van der Waals surface area contributed by atoms with Crippen LogP contribution in [0.1, 0.15) is 18.4 Å². The number of carbonyl (C=O) groups excluding carboxylic acids is 3. The number of likely N-dealkylation sites (tertiary alicyclic amines) is 1. The summed E-state index contributed by atoms with van der Waals surface area (Å²) in [6, 6.07) is 8.63. The van der Waals surface area contributed by atoms with Crippen molar-refractivity contribution in [2.45, 2.75) is 25.5 Å². The third-order valence-corrected chi connectivity index (χ3v) is 4.61. The second-order valence-corrected chi connectivity index (χ2v) is 6.03. The molecule has 3 rings (SSSR count). The van der Waals surface area contributed by atoms with Crippen molar-refractivity contribution in [3.63, 3.8) is 0 Å². The summed E-state index contributed by atoms with van der Waals surface area (Å²) in [4.78, 5) is 37.5. The number of benzene rings is 1. The highest BCUT2D eigenvalue weighted by molar-refractivity contribution is 5.87.